The first kappa shape index (κ1) is 83.0. The number of allylic oxidation sites excluding steroid dienone is 16. The molecule has 1 aromatic heterocycles. The average molecular weight is 1500 g/mol. The minimum atomic E-state index is -0.0144. The minimum Gasteiger partial charge on any atom is -0.336 e. The van der Waals surface area contributed by atoms with E-state index in [2.05, 4.69) is 33.8 Å². The third kappa shape index (κ3) is 19.1. The van der Waals surface area contributed by atoms with Crippen LogP contribution in [0, 0.1) is 0 Å². The molecule has 0 N–H and O–H groups in total. The van der Waals surface area contributed by atoms with Crippen LogP contribution >= 0.6 is 0 Å². The molecule has 1 fully saturated rings. The summed E-state index contributed by atoms with van der Waals surface area (Å²) in [6.07, 6.45) is 17.3. The van der Waals surface area contributed by atoms with Gasteiger partial charge in [-0.15, -0.1) is 0 Å². The number of aliphatic imine (C=N–C) groups is 4. The van der Waals surface area contributed by atoms with Gasteiger partial charge >= 0.3 is 0 Å². The van der Waals surface area contributed by atoms with Gasteiger partial charge in [0, 0.05) is 193 Å². The first-order chi connectivity index (χ1) is 52.9. The summed E-state index contributed by atoms with van der Waals surface area (Å²) < 4.78 is 0. The molecular weight excluding hydrogens is 1390 g/mol. The Kier molecular flexibility index (Phi) is 27.4. The predicted molar refractivity (Wildman–Crippen MR) is 438 cm³/mol. The van der Waals surface area contributed by atoms with Crippen molar-refractivity contribution in [1.29, 1.82) is 0 Å². The highest BCUT2D eigenvalue weighted by Gasteiger charge is 2.33. The summed E-state index contributed by atoms with van der Waals surface area (Å²) in [4.78, 5) is 163. The molecule has 4 aromatic rings. The lowest BCUT2D eigenvalue weighted by molar-refractivity contribution is -0.116. The zero-order chi connectivity index (χ0) is 80.4. The molecule has 111 heavy (non-hydrogen) atoms. The van der Waals surface area contributed by atoms with E-state index >= 15 is 0 Å². The van der Waals surface area contributed by atoms with Crippen molar-refractivity contribution < 1.29 is 52.7 Å². The maximum absolute atomic E-state index is 12.9. The van der Waals surface area contributed by atoms with Gasteiger partial charge in [0.1, 0.15) is 0 Å². The molecule has 18 nitrogen and oxygen atoms in total. The van der Waals surface area contributed by atoms with Crippen LogP contribution < -0.4 is 0 Å². The number of carbonyl (C=O) groups excluding carboxylic acids is 11. The molecule has 18 heteroatoms. The number of rotatable bonds is 23. The number of Topliss-reactive ketones (excluding diaryl/α,β-unsaturated/α-hetero) is 10. The number of pyridine rings is 1. The molecule has 0 bridgehead atoms. The molecule has 578 valence electrons. The van der Waals surface area contributed by atoms with Gasteiger partial charge < -0.3 is 9.80 Å². The van der Waals surface area contributed by atoms with Crippen LogP contribution in [-0.4, -0.2) is 135 Å². The van der Waals surface area contributed by atoms with E-state index in [9.17, 15) is 52.7 Å². The Morgan fingerprint density at radius 2 is 0.694 bits per heavy atom. The Morgan fingerprint density at radius 3 is 1.06 bits per heavy atom. The summed E-state index contributed by atoms with van der Waals surface area (Å²) in [6, 6.07) is 21.1. The van der Waals surface area contributed by atoms with Crippen LogP contribution in [0.5, 0.6) is 0 Å². The monoisotopic (exact) mass is 1500 g/mol. The highest BCUT2D eigenvalue weighted by atomic mass is 16.2. The minimum absolute atomic E-state index is 0.00217. The number of unbranched alkanes of at least 4 members (excludes halogenated alkanes) is 2. The van der Waals surface area contributed by atoms with Crippen LogP contribution in [-0.2, 0) is 64.0 Å². The van der Waals surface area contributed by atoms with Crippen molar-refractivity contribution in [3.8, 4) is 0 Å². The number of benzene rings is 3. The molecule has 5 aliphatic heterocycles. The van der Waals surface area contributed by atoms with Gasteiger partial charge in [0.2, 0.25) is 0 Å². The Balaban J connectivity index is 0.000000158. The lowest BCUT2D eigenvalue weighted by Gasteiger charge is -2.32. The first-order valence-electron chi connectivity index (χ1n) is 39.3. The van der Waals surface area contributed by atoms with Crippen LogP contribution in [0.1, 0.15) is 253 Å². The van der Waals surface area contributed by atoms with E-state index in [0.717, 1.165) is 202 Å². The van der Waals surface area contributed by atoms with E-state index in [0.29, 0.717) is 127 Å². The molecule has 13 rings (SSSR count). The van der Waals surface area contributed by atoms with E-state index in [-0.39, 0.29) is 63.7 Å². The maximum atomic E-state index is 12.9. The molecule has 0 saturated carbocycles. The molecule has 6 heterocycles. The number of hydrogen-bond acceptors (Lipinski definition) is 17. The predicted octanol–water partition coefficient (Wildman–Crippen LogP) is 17.9. The summed E-state index contributed by atoms with van der Waals surface area (Å²) in [5.74, 6) is 0.367. The molecule has 1 amide bonds. The molecule has 3 aromatic carbocycles. The number of likely N-dealkylation sites (N-methyl/N-ethyl adjacent to an activating group) is 1. The number of carbonyl (C=O) groups is 11. The van der Waals surface area contributed by atoms with Gasteiger partial charge in [-0.1, -0.05) is 19.8 Å². The summed E-state index contributed by atoms with van der Waals surface area (Å²) in [6.45, 7) is 27.9. The fourth-order valence-electron chi connectivity index (χ4n) is 15.5. The van der Waals surface area contributed by atoms with Crippen LogP contribution in [0.2, 0.25) is 0 Å². The lowest BCUT2D eigenvalue weighted by Crippen LogP contribution is -2.47. The second kappa shape index (κ2) is 36.6. The standard InChI is InChI=1S/C26H31N3O3.C26H31NO3.C22H23NO3.C19H20N2O2/c1-16-17(2)25(31)22(18(3)24(16)30)7-5-6-21-15-20-14-19(8-9-23(20)27-21)26(32)29-12-10-28(4)11-13-29;1-5-6-7-11-24(28)19-12-13-23-20(14-19)15-21(27-23)9-8-10-22-18(4)25(29)16(2)17(3)26(22)30;1-12-13(2)22(26)19(14(3)21(12)25)7-5-6-18-11-17-10-16(15(4)24)8-9-20(17)23-18;1-11-12(2)19(23)15(13(3)18(11)22)7-4-6-14-10-17-16(21-14)8-5-9-20-17/h8-9,14H,5-7,10-13,15H2,1-4H3;12-14H,5-11,15H2,1-4H3;8-10H,5-7,11H2,1-4H3;5,8-9H,4,6-7,10H2,1-3H3. The normalized spacial score (nSPS) is 17.7. The van der Waals surface area contributed by atoms with Crippen molar-refractivity contribution in [3.05, 3.63) is 201 Å². The quantitative estimate of drug-likeness (QED) is 0.0381. The van der Waals surface area contributed by atoms with Crippen molar-refractivity contribution in [2.75, 3.05) is 33.2 Å². The van der Waals surface area contributed by atoms with Crippen molar-refractivity contribution in [1.82, 2.24) is 14.8 Å². The topological polar surface area (TPSA) is 257 Å². The molecular formula is C93H105N7O11. The van der Waals surface area contributed by atoms with Gasteiger partial charge in [-0.2, -0.15) is 0 Å². The second-order valence-corrected chi connectivity index (χ2v) is 30.9. The highest BCUT2D eigenvalue weighted by molar-refractivity contribution is 6.27. The van der Waals surface area contributed by atoms with E-state index in [4.69, 9.17) is 9.98 Å². The summed E-state index contributed by atoms with van der Waals surface area (Å²) >= 11 is 0. The van der Waals surface area contributed by atoms with Crippen LogP contribution in [0.25, 0.3) is 0 Å². The largest absolute Gasteiger partial charge is 0.336 e. The molecule has 9 aliphatic rings. The van der Waals surface area contributed by atoms with Gasteiger partial charge in [-0.25, -0.2) is 0 Å². The number of piperazine rings is 1. The van der Waals surface area contributed by atoms with Gasteiger partial charge in [-0.05, 0) is 264 Å². The fraction of sp³-hybridized carbons (Fsp3) is 0.419. The van der Waals surface area contributed by atoms with E-state index in [1.54, 1.807) is 96.2 Å². The van der Waals surface area contributed by atoms with Crippen molar-refractivity contribution in [3.63, 3.8) is 0 Å². The molecule has 0 radical (unpaired) electrons. The fourth-order valence-corrected chi connectivity index (χ4v) is 15.5. The van der Waals surface area contributed by atoms with Gasteiger partial charge in [0.05, 0.1) is 28.4 Å². The Bertz CT molecular complexity index is 5050. The van der Waals surface area contributed by atoms with Crippen LogP contribution in [0.4, 0.5) is 22.7 Å². The molecule has 4 aliphatic carbocycles. The Hall–Kier alpha value is -10.5. The van der Waals surface area contributed by atoms with Crippen molar-refractivity contribution in [2.24, 2.45) is 20.0 Å². The number of amides is 1. The first-order valence-corrected chi connectivity index (χ1v) is 39.3. The van der Waals surface area contributed by atoms with Gasteiger partial charge in [-0.3, -0.25) is 77.7 Å². The number of nitrogens with zero attached hydrogens (tertiary/aromatic N) is 7. The number of hydrogen-bond donors (Lipinski definition) is 0. The van der Waals surface area contributed by atoms with Crippen LogP contribution in [0.3, 0.4) is 0 Å². The van der Waals surface area contributed by atoms with Crippen LogP contribution in [0.15, 0.2) is 182 Å². The zero-order valence-corrected chi connectivity index (χ0v) is 67.5. The molecule has 1 saturated heterocycles. The maximum Gasteiger partial charge on any atom is 0.253 e. The summed E-state index contributed by atoms with van der Waals surface area (Å²) in [5, 5.41) is 0. The molecule has 0 atom stereocenters. The van der Waals surface area contributed by atoms with Crippen molar-refractivity contribution in [2.45, 2.75) is 225 Å². The summed E-state index contributed by atoms with van der Waals surface area (Å²) in [5.41, 5.74) is 24.2. The zero-order valence-electron chi connectivity index (χ0n) is 67.5. The number of aromatic nitrogens is 1. The Morgan fingerprint density at radius 1 is 0.360 bits per heavy atom. The summed E-state index contributed by atoms with van der Waals surface area (Å²) in [7, 11) is 2.08. The number of ketones is 10. The Labute approximate surface area is 653 Å². The van der Waals surface area contributed by atoms with E-state index in [1.807, 2.05) is 71.6 Å². The van der Waals surface area contributed by atoms with E-state index in [1.165, 1.54) is 0 Å². The van der Waals surface area contributed by atoms with Gasteiger partial charge in [0.15, 0.2) is 57.8 Å². The number of fused-ring (bicyclic) bond motifs is 4. The molecule has 0 unspecified atom stereocenters. The highest BCUT2D eigenvalue weighted by Crippen LogP contribution is 2.37. The van der Waals surface area contributed by atoms with Crippen molar-refractivity contribution >= 4 is 109 Å². The molecule has 0 spiro atoms. The smallest absolute Gasteiger partial charge is 0.253 e. The van der Waals surface area contributed by atoms with E-state index < -0.39 is 0 Å². The second-order valence-electron chi connectivity index (χ2n) is 30.9. The lowest BCUT2D eigenvalue weighted by atomic mass is 9.84. The third-order valence-electron chi connectivity index (χ3n) is 23.4. The third-order valence-corrected chi connectivity index (χ3v) is 23.4. The van der Waals surface area contributed by atoms with Gasteiger partial charge in [0.25, 0.3) is 5.91 Å². The SMILES string of the molecule is CC(=O)c1ccc2c(c1)CC(CCCC1=C(C)C(=O)C(C)=C(C)C1=O)=N2.CC1=C(C)C(=O)C(CCCC2=Nc3ccc(C(=O)N4CCN(C)CC4)cc3C2)=C(C)C1=O.CC1=C(C)C(=O)C(CCCC2=Nc3cccnc3C2)=C(C)C1=O.CCCCCC(=O)c1ccc2c(c1)CC(CCCC1=C(C)C(=O)C(C)=C(C)C1=O)=N2. The average Bonchev–Trinajstić information content (AvgIpc) is 1.81.